The molecule has 0 aliphatic carbocycles. The molecule has 0 unspecified atom stereocenters. The third kappa shape index (κ3) is 4.11. The van der Waals surface area contributed by atoms with Gasteiger partial charge in [-0.25, -0.2) is 0 Å². The number of anilines is 2. The van der Waals surface area contributed by atoms with Crippen LogP contribution in [0.4, 0.5) is 11.4 Å². The quantitative estimate of drug-likeness (QED) is 0.490. The first kappa shape index (κ1) is 22.7. The van der Waals surface area contributed by atoms with Crippen LogP contribution in [-0.4, -0.2) is 19.3 Å². The van der Waals surface area contributed by atoms with Crippen molar-refractivity contribution in [1.82, 2.24) is 0 Å². The van der Waals surface area contributed by atoms with Gasteiger partial charge in [0.25, 0.3) is 0 Å². The molecule has 1 fully saturated rings. The first-order chi connectivity index (χ1) is 14.1. The van der Waals surface area contributed by atoms with Gasteiger partial charge in [0.05, 0.1) is 0 Å². The minimum Gasteiger partial charge on any atom is -0.349 e. The summed E-state index contributed by atoms with van der Waals surface area (Å²) in [7, 11) is 0. The number of benzene rings is 2. The highest BCUT2D eigenvalue weighted by Crippen LogP contribution is 2.42. The van der Waals surface area contributed by atoms with Crippen LogP contribution in [0.15, 0.2) is 36.4 Å². The lowest BCUT2D eigenvalue weighted by Crippen LogP contribution is -2.38. The Morgan fingerprint density at radius 2 is 0.867 bits per heavy atom. The van der Waals surface area contributed by atoms with E-state index in [0.29, 0.717) is 23.7 Å². The molecule has 0 saturated carbocycles. The summed E-state index contributed by atoms with van der Waals surface area (Å²) >= 11 is 0. The van der Waals surface area contributed by atoms with Gasteiger partial charge in [-0.1, -0.05) is 91.8 Å². The van der Waals surface area contributed by atoms with Crippen molar-refractivity contribution < 1.29 is 0 Å². The molecule has 3 rings (SSSR count). The van der Waals surface area contributed by atoms with Gasteiger partial charge in [-0.2, -0.15) is 0 Å². The monoisotopic (exact) mass is 404 g/mol. The Morgan fingerprint density at radius 1 is 0.600 bits per heavy atom. The summed E-state index contributed by atoms with van der Waals surface area (Å²) in [5.74, 6) is 1.87. The maximum Gasteiger partial charge on any atom is 0.105 e. The maximum absolute atomic E-state index is 7.02. The molecule has 2 heteroatoms. The Labute approximate surface area is 185 Å². The van der Waals surface area contributed by atoms with Gasteiger partial charge in [0.1, 0.15) is 6.17 Å². The zero-order chi connectivity index (χ0) is 22.2. The summed E-state index contributed by atoms with van der Waals surface area (Å²) in [5, 5.41) is 0. The van der Waals surface area contributed by atoms with Crippen molar-refractivity contribution in [3.8, 4) is 0 Å². The molecule has 0 aromatic heterocycles. The lowest BCUT2D eigenvalue weighted by atomic mass is 9.91. The van der Waals surface area contributed by atoms with Gasteiger partial charge in [0, 0.05) is 31.4 Å². The van der Waals surface area contributed by atoms with Crippen molar-refractivity contribution in [2.45, 2.75) is 85.2 Å². The SMILES string of the molecule is [CH]C1N(c2c(C(C)C)cccc2C(C)C)CCN1c1c(C(C)C)cccc1C(C)C. The zero-order valence-corrected chi connectivity index (χ0v) is 20.2. The smallest absolute Gasteiger partial charge is 0.105 e. The third-order valence-electron chi connectivity index (χ3n) is 6.48. The van der Waals surface area contributed by atoms with E-state index in [1.165, 1.54) is 33.6 Å². The van der Waals surface area contributed by atoms with Crippen LogP contribution in [0.25, 0.3) is 0 Å². The molecule has 1 heterocycles. The topological polar surface area (TPSA) is 6.48 Å². The van der Waals surface area contributed by atoms with Gasteiger partial charge >= 0.3 is 0 Å². The van der Waals surface area contributed by atoms with E-state index in [1.807, 2.05) is 0 Å². The van der Waals surface area contributed by atoms with E-state index >= 15 is 0 Å². The highest BCUT2D eigenvalue weighted by Gasteiger charge is 2.34. The molecule has 0 bridgehead atoms. The van der Waals surface area contributed by atoms with Gasteiger partial charge in [0.15, 0.2) is 0 Å². The largest absolute Gasteiger partial charge is 0.349 e. The first-order valence-electron chi connectivity index (χ1n) is 11.7. The van der Waals surface area contributed by atoms with E-state index in [-0.39, 0.29) is 6.17 Å². The van der Waals surface area contributed by atoms with Crippen LogP contribution in [0.3, 0.4) is 0 Å². The second kappa shape index (κ2) is 9.04. The number of rotatable bonds is 6. The van der Waals surface area contributed by atoms with Crippen molar-refractivity contribution in [2.75, 3.05) is 22.9 Å². The van der Waals surface area contributed by atoms with Crippen molar-refractivity contribution >= 4 is 11.4 Å². The number of hydrogen-bond acceptors (Lipinski definition) is 2. The minimum absolute atomic E-state index is 0.153. The van der Waals surface area contributed by atoms with Crippen LogP contribution in [0.2, 0.25) is 0 Å². The molecule has 2 radical (unpaired) electrons. The molecule has 30 heavy (non-hydrogen) atoms. The van der Waals surface area contributed by atoms with Crippen molar-refractivity contribution in [1.29, 1.82) is 0 Å². The summed E-state index contributed by atoms with van der Waals surface area (Å²) in [4.78, 5) is 4.90. The van der Waals surface area contributed by atoms with Gasteiger partial charge in [-0.15, -0.1) is 0 Å². The standard InChI is InChI=1S/C28H40N2/c1-18(2)23-12-10-13-24(19(3)4)27(23)29-16-17-30(22(29)9)28-25(20(5)6)14-11-15-26(28)21(7)8/h9-15,18-22H,16-17H2,1-8H3. The Morgan fingerprint density at radius 3 is 1.10 bits per heavy atom. The second-order valence-electron chi connectivity index (χ2n) is 9.99. The average molecular weight is 405 g/mol. The average Bonchev–Trinajstić information content (AvgIpc) is 3.07. The molecule has 0 atom stereocenters. The summed E-state index contributed by atoms with van der Waals surface area (Å²) in [5.41, 5.74) is 8.31. The second-order valence-corrected chi connectivity index (χ2v) is 9.99. The summed E-state index contributed by atoms with van der Waals surface area (Å²) < 4.78 is 0. The van der Waals surface area contributed by atoms with Gasteiger partial charge in [-0.05, 0) is 45.9 Å². The molecule has 1 aliphatic rings. The van der Waals surface area contributed by atoms with Crippen LogP contribution < -0.4 is 9.80 Å². The van der Waals surface area contributed by atoms with Crippen molar-refractivity contribution in [3.05, 3.63) is 65.6 Å². The third-order valence-corrected chi connectivity index (χ3v) is 6.48. The summed E-state index contributed by atoms with van der Waals surface area (Å²) in [6.45, 7) is 27.2. The van der Waals surface area contributed by atoms with E-state index in [0.717, 1.165) is 13.1 Å². The molecule has 0 N–H and O–H groups in total. The number of nitrogens with zero attached hydrogens (tertiary/aromatic N) is 2. The van der Waals surface area contributed by atoms with E-state index in [9.17, 15) is 0 Å². The summed E-state index contributed by atoms with van der Waals surface area (Å²) in [6.07, 6.45) is -0.153. The molecule has 0 spiro atoms. The maximum atomic E-state index is 7.02. The molecule has 1 aliphatic heterocycles. The van der Waals surface area contributed by atoms with Crippen LogP contribution >= 0.6 is 0 Å². The van der Waals surface area contributed by atoms with Gasteiger partial charge < -0.3 is 9.80 Å². The lowest BCUT2D eigenvalue weighted by molar-refractivity contribution is 0.742. The van der Waals surface area contributed by atoms with E-state index in [4.69, 9.17) is 6.92 Å². The fourth-order valence-electron chi connectivity index (χ4n) is 4.82. The van der Waals surface area contributed by atoms with Crippen molar-refractivity contribution in [3.63, 3.8) is 0 Å². The van der Waals surface area contributed by atoms with Crippen LogP contribution in [-0.2, 0) is 0 Å². The number of hydrogen-bond donors (Lipinski definition) is 0. The highest BCUT2D eigenvalue weighted by molar-refractivity contribution is 5.69. The molecule has 0 amide bonds. The molecule has 162 valence electrons. The highest BCUT2D eigenvalue weighted by atomic mass is 15.4. The lowest BCUT2D eigenvalue weighted by Gasteiger charge is -2.36. The van der Waals surface area contributed by atoms with Gasteiger partial charge in [0.2, 0.25) is 0 Å². The predicted molar refractivity (Wildman–Crippen MR) is 132 cm³/mol. The van der Waals surface area contributed by atoms with Crippen LogP contribution in [0.1, 0.15) is 101 Å². The first-order valence-corrected chi connectivity index (χ1v) is 11.7. The number of para-hydroxylation sites is 2. The van der Waals surface area contributed by atoms with Crippen LogP contribution in [0.5, 0.6) is 0 Å². The Bertz CT molecular complexity index is 739. The van der Waals surface area contributed by atoms with E-state index in [2.05, 4.69) is 102 Å². The normalized spacial score (nSPS) is 15.5. The molecule has 2 nitrogen and oxygen atoms in total. The fourth-order valence-corrected chi connectivity index (χ4v) is 4.82. The Kier molecular flexibility index (Phi) is 6.84. The van der Waals surface area contributed by atoms with E-state index < -0.39 is 0 Å². The summed E-state index contributed by atoms with van der Waals surface area (Å²) in [6, 6.07) is 13.5. The molecule has 2 aromatic rings. The predicted octanol–water partition coefficient (Wildman–Crippen LogP) is 7.54. The fraction of sp³-hybridized carbons (Fsp3) is 0.536. The molecule has 2 aromatic carbocycles. The Balaban J connectivity index is 2.11. The van der Waals surface area contributed by atoms with Gasteiger partial charge in [-0.3, -0.25) is 0 Å². The Hall–Kier alpha value is -1.96. The van der Waals surface area contributed by atoms with Crippen LogP contribution in [0, 0.1) is 6.92 Å². The molecular formula is C28H40N2. The zero-order valence-electron chi connectivity index (χ0n) is 20.2. The van der Waals surface area contributed by atoms with Crippen molar-refractivity contribution in [2.24, 2.45) is 0 Å². The molecule has 1 saturated heterocycles. The minimum atomic E-state index is -0.153. The molecular weight excluding hydrogens is 364 g/mol. The van der Waals surface area contributed by atoms with E-state index in [1.54, 1.807) is 0 Å².